The maximum absolute atomic E-state index is 11.2. The Kier molecular flexibility index (Phi) is 4.21. The van der Waals surface area contributed by atoms with Crippen LogP contribution in [0.1, 0.15) is 21.6 Å². The SMILES string of the molecule is Cc1ccc(C)c(Oc2ccc(Cc3sc(=O)[nH]c3O)cc2)c1. The van der Waals surface area contributed by atoms with E-state index in [9.17, 15) is 9.90 Å². The minimum Gasteiger partial charge on any atom is -0.494 e. The van der Waals surface area contributed by atoms with E-state index in [1.165, 1.54) is 0 Å². The molecule has 0 aliphatic heterocycles. The minimum atomic E-state index is -0.243. The smallest absolute Gasteiger partial charge is 0.307 e. The number of nitrogens with one attached hydrogen (secondary N) is 1. The number of rotatable bonds is 4. The Hall–Kier alpha value is -2.53. The second-order valence-electron chi connectivity index (χ2n) is 5.48. The third kappa shape index (κ3) is 3.63. The lowest BCUT2D eigenvalue weighted by atomic mass is 10.1. The van der Waals surface area contributed by atoms with Gasteiger partial charge in [-0.15, -0.1) is 0 Å². The van der Waals surface area contributed by atoms with Crippen molar-refractivity contribution in [1.82, 2.24) is 4.98 Å². The molecule has 0 fully saturated rings. The first-order valence-electron chi connectivity index (χ1n) is 7.26. The molecule has 0 aliphatic rings. The van der Waals surface area contributed by atoms with Crippen LogP contribution in [0.4, 0.5) is 0 Å². The number of hydrogen-bond donors (Lipinski definition) is 2. The van der Waals surface area contributed by atoms with Crippen LogP contribution in [-0.2, 0) is 6.42 Å². The van der Waals surface area contributed by atoms with Gasteiger partial charge in [-0.25, -0.2) is 0 Å². The number of thiazole rings is 1. The van der Waals surface area contributed by atoms with Crippen LogP contribution in [0.3, 0.4) is 0 Å². The molecule has 23 heavy (non-hydrogen) atoms. The molecule has 0 aliphatic carbocycles. The second-order valence-corrected chi connectivity index (χ2v) is 6.55. The normalized spacial score (nSPS) is 10.7. The highest BCUT2D eigenvalue weighted by Gasteiger charge is 2.08. The van der Waals surface area contributed by atoms with Gasteiger partial charge in [0.2, 0.25) is 5.88 Å². The fraction of sp³-hybridized carbons (Fsp3) is 0.167. The van der Waals surface area contributed by atoms with Crippen LogP contribution in [0.2, 0.25) is 0 Å². The van der Waals surface area contributed by atoms with Crippen LogP contribution in [0.25, 0.3) is 0 Å². The second kappa shape index (κ2) is 6.30. The zero-order valence-corrected chi connectivity index (χ0v) is 13.7. The lowest BCUT2D eigenvalue weighted by Gasteiger charge is -2.10. The van der Waals surface area contributed by atoms with E-state index in [4.69, 9.17) is 4.74 Å². The van der Waals surface area contributed by atoms with Crippen molar-refractivity contribution in [2.45, 2.75) is 20.3 Å². The summed E-state index contributed by atoms with van der Waals surface area (Å²) in [5, 5.41) is 9.63. The molecule has 2 N–H and O–H groups in total. The number of aryl methyl sites for hydroxylation is 2. The van der Waals surface area contributed by atoms with Crippen molar-refractivity contribution in [3.8, 4) is 17.4 Å². The summed E-state index contributed by atoms with van der Waals surface area (Å²) in [4.78, 5) is 14.0. The van der Waals surface area contributed by atoms with Crippen LogP contribution < -0.4 is 9.61 Å². The molecule has 2 aromatic carbocycles. The Bertz CT molecular complexity index is 878. The molecule has 3 rings (SSSR count). The van der Waals surface area contributed by atoms with E-state index in [0.717, 1.165) is 39.5 Å². The molecule has 0 bridgehead atoms. The van der Waals surface area contributed by atoms with Gasteiger partial charge >= 0.3 is 4.87 Å². The van der Waals surface area contributed by atoms with Crippen molar-refractivity contribution < 1.29 is 9.84 Å². The number of aromatic nitrogens is 1. The average Bonchev–Trinajstić information content (AvgIpc) is 2.83. The highest BCUT2D eigenvalue weighted by atomic mass is 32.1. The molecule has 1 aromatic heterocycles. The molecule has 0 amide bonds. The molecular weight excluding hydrogens is 310 g/mol. The lowest BCUT2D eigenvalue weighted by Crippen LogP contribution is -1.90. The molecule has 0 unspecified atom stereocenters. The third-order valence-corrected chi connectivity index (χ3v) is 4.43. The Morgan fingerprint density at radius 1 is 1.13 bits per heavy atom. The first kappa shape index (κ1) is 15.4. The first-order valence-corrected chi connectivity index (χ1v) is 8.08. The maximum Gasteiger partial charge on any atom is 0.307 e. The number of hydrogen-bond acceptors (Lipinski definition) is 4. The van der Waals surface area contributed by atoms with E-state index < -0.39 is 0 Å². The zero-order valence-electron chi connectivity index (χ0n) is 12.9. The van der Waals surface area contributed by atoms with Gasteiger partial charge in [0.05, 0.1) is 4.88 Å². The number of ether oxygens (including phenoxy) is 1. The highest BCUT2D eigenvalue weighted by Crippen LogP contribution is 2.27. The summed E-state index contributed by atoms with van der Waals surface area (Å²) in [5.74, 6) is 1.56. The number of aromatic hydroxyl groups is 1. The molecular formula is C18H17NO3S. The first-order chi connectivity index (χ1) is 11.0. The lowest BCUT2D eigenvalue weighted by molar-refractivity contribution is 0.451. The Morgan fingerprint density at radius 3 is 2.52 bits per heavy atom. The summed E-state index contributed by atoms with van der Waals surface area (Å²) < 4.78 is 5.92. The van der Waals surface area contributed by atoms with Gasteiger partial charge in [0.25, 0.3) is 0 Å². The molecule has 0 spiro atoms. The summed E-state index contributed by atoms with van der Waals surface area (Å²) >= 11 is 1.03. The monoisotopic (exact) mass is 327 g/mol. The van der Waals surface area contributed by atoms with Crippen molar-refractivity contribution in [3.05, 3.63) is 73.7 Å². The summed E-state index contributed by atoms with van der Waals surface area (Å²) in [6.45, 7) is 4.05. The van der Waals surface area contributed by atoms with Crippen molar-refractivity contribution in [1.29, 1.82) is 0 Å². The predicted octanol–water partition coefficient (Wildman–Crippen LogP) is 4.14. The molecule has 118 valence electrons. The van der Waals surface area contributed by atoms with Crippen LogP contribution in [0.15, 0.2) is 47.3 Å². The van der Waals surface area contributed by atoms with E-state index in [1.54, 1.807) is 0 Å². The van der Waals surface area contributed by atoms with Crippen molar-refractivity contribution in [2.75, 3.05) is 0 Å². The van der Waals surface area contributed by atoms with Crippen LogP contribution in [0, 0.1) is 13.8 Å². The van der Waals surface area contributed by atoms with Gasteiger partial charge in [-0.3, -0.25) is 9.78 Å². The fourth-order valence-corrected chi connectivity index (χ4v) is 3.03. The average molecular weight is 327 g/mol. The largest absolute Gasteiger partial charge is 0.494 e. The molecule has 5 heteroatoms. The number of benzene rings is 2. The Balaban J connectivity index is 1.75. The minimum absolute atomic E-state index is 0.0456. The van der Waals surface area contributed by atoms with E-state index in [0.29, 0.717) is 11.3 Å². The summed E-state index contributed by atoms with van der Waals surface area (Å²) in [6, 6.07) is 13.8. The fourth-order valence-electron chi connectivity index (χ4n) is 2.28. The van der Waals surface area contributed by atoms with Crippen LogP contribution >= 0.6 is 11.3 Å². The number of H-pyrrole nitrogens is 1. The van der Waals surface area contributed by atoms with Crippen molar-refractivity contribution in [2.24, 2.45) is 0 Å². The van der Waals surface area contributed by atoms with Crippen molar-refractivity contribution in [3.63, 3.8) is 0 Å². The standard InChI is InChI=1S/C18H17NO3S/c1-11-3-4-12(2)15(9-11)22-14-7-5-13(6-8-14)10-16-17(20)19-18(21)23-16/h3-9,20H,10H2,1-2H3,(H,19,21). The number of aromatic amines is 1. The molecule has 0 saturated heterocycles. The van der Waals surface area contributed by atoms with Gasteiger partial charge in [-0.05, 0) is 48.7 Å². The molecule has 0 atom stereocenters. The summed E-state index contributed by atoms with van der Waals surface area (Å²) in [6.07, 6.45) is 0.513. The Morgan fingerprint density at radius 2 is 1.87 bits per heavy atom. The molecule has 1 heterocycles. The van der Waals surface area contributed by atoms with Gasteiger partial charge in [0.1, 0.15) is 11.5 Å². The van der Waals surface area contributed by atoms with Crippen LogP contribution in [-0.4, -0.2) is 10.1 Å². The van der Waals surface area contributed by atoms with Gasteiger partial charge in [-0.2, -0.15) is 0 Å². The maximum atomic E-state index is 11.2. The quantitative estimate of drug-likeness (QED) is 0.757. The van der Waals surface area contributed by atoms with Gasteiger partial charge in [-0.1, -0.05) is 35.6 Å². The zero-order chi connectivity index (χ0) is 16.4. The van der Waals surface area contributed by atoms with Crippen LogP contribution in [0.5, 0.6) is 17.4 Å². The van der Waals surface area contributed by atoms with Gasteiger partial charge in [0, 0.05) is 6.42 Å². The molecule has 4 nitrogen and oxygen atoms in total. The third-order valence-electron chi connectivity index (χ3n) is 3.56. The molecule has 0 radical (unpaired) electrons. The van der Waals surface area contributed by atoms with Crippen molar-refractivity contribution >= 4 is 11.3 Å². The van der Waals surface area contributed by atoms with E-state index >= 15 is 0 Å². The molecule has 0 saturated carbocycles. The Labute approximate surface area is 138 Å². The van der Waals surface area contributed by atoms with E-state index in [1.807, 2.05) is 50.2 Å². The summed E-state index contributed by atoms with van der Waals surface area (Å²) in [7, 11) is 0. The van der Waals surface area contributed by atoms with E-state index in [2.05, 4.69) is 11.1 Å². The molecule has 3 aromatic rings. The summed E-state index contributed by atoms with van der Waals surface area (Å²) in [5.41, 5.74) is 3.24. The van der Waals surface area contributed by atoms with E-state index in [-0.39, 0.29) is 10.8 Å². The van der Waals surface area contributed by atoms with Gasteiger partial charge in [0.15, 0.2) is 0 Å². The topological polar surface area (TPSA) is 62.3 Å². The predicted molar refractivity (Wildman–Crippen MR) is 91.8 cm³/mol. The highest BCUT2D eigenvalue weighted by molar-refractivity contribution is 7.09. The van der Waals surface area contributed by atoms with Gasteiger partial charge < -0.3 is 9.84 Å².